The zero-order chi connectivity index (χ0) is 18.0. The topological polar surface area (TPSA) is 117 Å². The lowest BCUT2D eigenvalue weighted by molar-refractivity contribution is 0.278. The average molecular weight is 342 g/mol. The highest BCUT2D eigenvalue weighted by atomic mass is 16.3. The van der Waals surface area contributed by atoms with Crippen LogP contribution in [0.15, 0.2) is 39.0 Å². The zero-order valence-corrected chi connectivity index (χ0v) is 13.9. The minimum atomic E-state index is -0.561. The molecule has 3 N–H and O–H groups in total. The van der Waals surface area contributed by atoms with Crippen LogP contribution in [-0.2, 0) is 13.6 Å². The van der Waals surface area contributed by atoms with E-state index in [1.54, 1.807) is 6.21 Å². The number of anilines is 1. The standard InChI is InChI=1S/C16H18N6O3/c1-10-3-5-11(6-4-10)9-17-20-15-18-13-12(22(15)7-8-23)14(24)19-16(25)21(13)2/h3-6,9,23H,7-8H2,1-2H3,(H,18,20)(H,19,24,25)/b17-9+. The fraction of sp³-hybridized carbons (Fsp3) is 0.250. The predicted molar refractivity (Wildman–Crippen MR) is 95.1 cm³/mol. The molecular formula is C16H18N6O3. The van der Waals surface area contributed by atoms with Gasteiger partial charge < -0.3 is 9.67 Å². The van der Waals surface area contributed by atoms with Crippen LogP contribution in [0.4, 0.5) is 5.95 Å². The molecule has 9 nitrogen and oxygen atoms in total. The van der Waals surface area contributed by atoms with E-state index in [2.05, 4.69) is 20.5 Å². The Labute approximate surface area is 142 Å². The summed E-state index contributed by atoms with van der Waals surface area (Å²) >= 11 is 0. The Morgan fingerprint density at radius 1 is 1.32 bits per heavy atom. The molecule has 0 saturated carbocycles. The van der Waals surface area contributed by atoms with Crippen molar-refractivity contribution < 1.29 is 5.11 Å². The highest BCUT2D eigenvalue weighted by Gasteiger charge is 2.16. The zero-order valence-electron chi connectivity index (χ0n) is 13.9. The quantitative estimate of drug-likeness (QED) is 0.451. The van der Waals surface area contributed by atoms with Crippen molar-refractivity contribution in [2.24, 2.45) is 12.1 Å². The minimum absolute atomic E-state index is 0.139. The van der Waals surface area contributed by atoms with Gasteiger partial charge in [-0.25, -0.2) is 10.2 Å². The van der Waals surface area contributed by atoms with Gasteiger partial charge in [-0.1, -0.05) is 29.8 Å². The SMILES string of the molecule is Cc1ccc(/C=N/Nc2nc3c(c(=O)[nH]c(=O)n3C)n2CCO)cc1. The molecule has 1 aromatic carbocycles. The van der Waals surface area contributed by atoms with Crippen LogP contribution in [0.25, 0.3) is 11.2 Å². The maximum atomic E-state index is 12.1. The van der Waals surface area contributed by atoms with E-state index in [1.165, 1.54) is 16.2 Å². The van der Waals surface area contributed by atoms with Gasteiger partial charge in [-0.05, 0) is 12.5 Å². The molecular weight excluding hydrogens is 324 g/mol. The van der Waals surface area contributed by atoms with Gasteiger partial charge in [0.05, 0.1) is 12.8 Å². The maximum Gasteiger partial charge on any atom is 0.329 e. The van der Waals surface area contributed by atoms with Crippen molar-refractivity contribution in [3.05, 3.63) is 56.2 Å². The number of nitrogens with one attached hydrogen (secondary N) is 2. The molecule has 2 heterocycles. The van der Waals surface area contributed by atoms with Crippen molar-refractivity contribution in [2.75, 3.05) is 12.0 Å². The van der Waals surface area contributed by atoms with Crippen molar-refractivity contribution in [1.29, 1.82) is 0 Å². The number of benzene rings is 1. The van der Waals surface area contributed by atoms with E-state index in [4.69, 9.17) is 0 Å². The van der Waals surface area contributed by atoms with Crippen molar-refractivity contribution in [3.8, 4) is 0 Å². The maximum absolute atomic E-state index is 12.1. The van der Waals surface area contributed by atoms with Crippen LogP contribution in [0, 0.1) is 6.92 Å². The summed E-state index contributed by atoms with van der Waals surface area (Å²) < 4.78 is 2.72. The molecule has 0 spiro atoms. The van der Waals surface area contributed by atoms with Crippen molar-refractivity contribution >= 4 is 23.3 Å². The number of aliphatic hydroxyl groups excluding tert-OH is 1. The third-order valence-corrected chi connectivity index (χ3v) is 3.79. The van der Waals surface area contributed by atoms with Gasteiger partial charge in [0.1, 0.15) is 0 Å². The number of hydrogen-bond donors (Lipinski definition) is 3. The van der Waals surface area contributed by atoms with E-state index in [9.17, 15) is 14.7 Å². The fourth-order valence-electron chi connectivity index (χ4n) is 2.45. The minimum Gasteiger partial charge on any atom is -0.395 e. The van der Waals surface area contributed by atoms with E-state index in [0.29, 0.717) is 0 Å². The largest absolute Gasteiger partial charge is 0.395 e. The van der Waals surface area contributed by atoms with E-state index < -0.39 is 11.2 Å². The molecule has 0 unspecified atom stereocenters. The van der Waals surface area contributed by atoms with Crippen LogP contribution in [0.3, 0.4) is 0 Å². The van der Waals surface area contributed by atoms with E-state index >= 15 is 0 Å². The Hall–Kier alpha value is -3.20. The van der Waals surface area contributed by atoms with Crippen LogP contribution in [-0.4, -0.2) is 37.0 Å². The lowest BCUT2D eigenvalue weighted by Gasteiger charge is -2.05. The second kappa shape index (κ2) is 6.73. The second-order valence-corrected chi connectivity index (χ2v) is 5.58. The third-order valence-electron chi connectivity index (χ3n) is 3.79. The van der Waals surface area contributed by atoms with Crippen LogP contribution < -0.4 is 16.7 Å². The molecule has 3 aromatic rings. The van der Waals surface area contributed by atoms with Crippen LogP contribution >= 0.6 is 0 Å². The number of aromatic nitrogens is 4. The summed E-state index contributed by atoms with van der Waals surface area (Å²) in [6.07, 6.45) is 1.62. The summed E-state index contributed by atoms with van der Waals surface area (Å²) in [7, 11) is 1.51. The first-order chi connectivity index (χ1) is 12.0. The van der Waals surface area contributed by atoms with Gasteiger partial charge in [0, 0.05) is 13.6 Å². The Morgan fingerprint density at radius 2 is 2.04 bits per heavy atom. The van der Waals surface area contributed by atoms with Crippen molar-refractivity contribution in [2.45, 2.75) is 13.5 Å². The molecule has 0 amide bonds. The lowest BCUT2D eigenvalue weighted by atomic mass is 10.2. The number of fused-ring (bicyclic) bond motifs is 1. The van der Waals surface area contributed by atoms with E-state index in [0.717, 1.165) is 11.1 Å². The van der Waals surface area contributed by atoms with Gasteiger partial charge in [-0.2, -0.15) is 10.1 Å². The van der Waals surface area contributed by atoms with Gasteiger partial charge in [0.2, 0.25) is 5.95 Å². The van der Waals surface area contributed by atoms with Gasteiger partial charge in [0.15, 0.2) is 11.2 Å². The molecule has 0 aliphatic rings. The number of hydrogen-bond acceptors (Lipinski definition) is 6. The normalized spacial score (nSPS) is 11.5. The molecule has 3 rings (SSSR count). The fourth-order valence-corrected chi connectivity index (χ4v) is 2.45. The second-order valence-electron chi connectivity index (χ2n) is 5.58. The molecule has 0 fully saturated rings. The molecule has 0 bridgehead atoms. The monoisotopic (exact) mass is 342 g/mol. The van der Waals surface area contributed by atoms with Crippen molar-refractivity contribution in [1.82, 2.24) is 19.1 Å². The molecule has 0 aliphatic carbocycles. The molecule has 2 aromatic heterocycles. The van der Waals surface area contributed by atoms with Gasteiger partial charge in [-0.3, -0.25) is 14.3 Å². The van der Waals surface area contributed by atoms with E-state index in [1.807, 2.05) is 31.2 Å². The van der Waals surface area contributed by atoms with Gasteiger partial charge in [0.25, 0.3) is 5.56 Å². The number of rotatable bonds is 5. The summed E-state index contributed by atoms with van der Waals surface area (Å²) in [5.41, 5.74) is 4.11. The Kier molecular flexibility index (Phi) is 4.48. The number of aromatic amines is 1. The summed E-state index contributed by atoms with van der Waals surface area (Å²) in [6.45, 7) is 1.95. The number of aliphatic hydroxyl groups is 1. The average Bonchev–Trinajstić information content (AvgIpc) is 2.94. The Bertz CT molecular complexity index is 1040. The van der Waals surface area contributed by atoms with Gasteiger partial charge >= 0.3 is 5.69 Å². The smallest absolute Gasteiger partial charge is 0.329 e. The molecule has 0 saturated heterocycles. The summed E-state index contributed by atoms with van der Waals surface area (Å²) in [5, 5.41) is 13.4. The Balaban J connectivity index is 2.00. The lowest BCUT2D eigenvalue weighted by Crippen LogP contribution is -2.29. The summed E-state index contributed by atoms with van der Waals surface area (Å²) in [5.74, 6) is 0.263. The molecule has 9 heteroatoms. The number of H-pyrrole nitrogens is 1. The molecule has 130 valence electrons. The van der Waals surface area contributed by atoms with Gasteiger partial charge in [-0.15, -0.1) is 0 Å². The Morgan fingerprint density at radius 3 is 2.72 bits per heavy atom. The molecule has 0 aliphatic heterocycles. The van der Waals surface area contributed by atoms with Crippen LogP contribution in [0.2, 0.25) is 0 Å². The first-order valence-corrected chi connectivity index (χ1v) is 7.67. The number of nitrogens with zero attached hydrogens (tertiary/aromatic N) is 4. The first kappa shape index (κ1) is 16.7. The molecule has 0 atom stereocenters. The first-order valence-electron chi connectivity index (χ1n) is 7.67. The highest BCUT2D eigenvalue weighted by Crippen LogP contribution is 2.15. The number of hydrazone groups is 1. The van der Waals surface area contributed by atoms with Crippen molar-refractivity contribution in [3.63, 3.8) is 0 Å². The van der Waals surface area contributed by atoms with Crippen LogP contribution in [0.1, 0.15) is 11.1 Å². The number of aryl methyl sites for hydroxylation is 2. The molecule has 25 heavy (non-hydrogen) atoms. The predicted octanol–water partition coefficient (Wildman–Crippen LogP) is 0.170. The highest BCUT2D eigenvalue weighted by molar-refractivity contribution is 5.80. The number of imidazole rings is 1. The van der Waals surface area contributed by atoms with Crippen LogP contribution in [0.5, 0.6) is 0 Å². The van der Waals surface area contributed by atoms with E-state index in [-0.39, 0.29) is 30.3 Å². The summed E-state index contributed by atoms with van der Waals surface area (Å²) in [6, 6.07) is 7.78. The molecule has 0 radical (unpaired) electrons. The summed E-state index contributed by atoms with van der Waals surface area (Å²) in [4.78, 5) is 30.3. The third kappa shape index (κ3) is 3.22.